The van der Waals surface area contributed by atoms with Gasteiger partial charge in [-0.25, -0.2) is 0 Å². The van der Waals surface area contributed by atoms with Gasteiger partial charge >= 0.3 is 0 Å². The molecular formula is C9H11NO2S. The summed E-state index contributed by atoms with van der Waals surface area (Å²) >= 11 is 1.73. The van der Waals surface area contributed by atoms with Crippen LogP contribution in [0.2, 0.25) is 0 Å². The molecule has 1 aromatic heterocycles. The molecule has 0 radical (unpaired) electrons. The normalized spacial score (nSPS) is 17.8. The summed E-state index contributed by atoms with van der Waals surface area (Å²) in [5, 5.41) is 0. The lowest BCUT2D eigenvalue weighted by molar-refractivity contribution is -0.0214. The molecule has 1 fully saturated rings. The summed E-state index contributed by atoms with van der Waals surface area (Å²) in [6.45, 7) is 1.45. The van der Waals surface area contributed by atoms with E-state index < -0.39 is 0 Å². The Morgan fingerprint density at radius 1 is 1.31 bits per heavy atom. The zero-order valence-electron chi connectivity index (χ0n) is 7.18. The first-order chi connectivity index (χ1) is 6.45. The predicted octanol–water partition coefficient (Wildman–Crippen LogP) is 1.55. The highest BCUT2D eigenvalue weighted by molar-refractivity contribution is 7.99. The quantitative estimate of drug-likeness (QED) is 0.688. The Morgan fingerprint density at radius 3 is 2.69 bits per heavy atom. The van der Waals surface area contributed by atoms with Crippen LogP contribution in [0, 0.1) is 0 Å². The molecule has 0 unspecified atom stereocenters. The van der Waals surface area contributed by atoms with Gasteiger partial charge in [-0.2, -0.15) is 0 Å². The molecule has 3 nitrogen and oxygen atoms in total. The predicted molar refractivity (Wildman–Crippen MR) is 50.7 cm³/mol. The number of thioether (sulfide) groups is 1. The number of rotatable bonds is 3. The molecule has 0 aromatic carbocycles. The molecule has 13 heavy (non-hydrogen) atoms. The van der Waals surface area contributed by atoms with E-state index in [1.54, 1.807) is 24.2 Å². The van der Waals surface area contributed by atoms with Crippen molar-refractivity contribution < 1.29 is 9.47 Å². The van der Waals surface area contributed by atoms with Crippen molar-refractivity contribution >= 4 is 11.8 Å². The Morgan fingerprint density at radius 2 is 2.00 bits per heavy atom. The van der Waals surface area contributed by atoms with E-state index in [2.05, 4.69) is 4.98 Å². The van der Waals surface area contributed by atoms with Crippen molar-refractivity contribution in [1.29, 1.82) is 0 Å². The van der Waals surface area contributed by atoms with Crippen molar-refractivity contribution in [3.8, 4) is 0 Å². The van der Waals surface area contributed by atoms with Crippen LogP contribution < -0.4 is 0 Å². The number of pyridine rings is 1. The highest BCUT2D eigenvalue weighted by atomic mass is 32.2. The van der Waals surface area contributed by atoms with Crippen LogP contribution in [0.15, 0.2) is 29.4 Å². The smallest absolute Gasteiger partial charge is 0.167 e. The first kappa shape index (κ1) is 8.99. The third-order valence-electron chi connectivity index (χ3n) is 1.73. The molecule has 0 atom stereocenters. The summed E-state index contributed by atoms with van der Waals surface area (Å²) in [5.74, 6) is 0.851. The molecule has 1 aromatic rings. The van der Waals surface area contributed by atoms with Crippen molar-refractivity contribution in [1.82, 2.24) is 4.98 Å². The maximum Gasteiger partial charge on any atom is 0.167 e. The van der Waals surface area contributed by atoms with Gasteiger partial charge in [0.25, 0.3) is 0 Å². The van der Waals surface area contributed by atoms with Crippen LogP contribution in [-0.2, 0) is 9.47 Å². The first-order valence-corrected chi connectivity index (χ1v) is 5.20. The summed E-state index contributed by atoms with van der Waals surface area (Å²) in [6.07, 6.45) is 3.55. The number of hydrogen-bond acceptors (Lipinski definition) is 4. The van der Waals surface area contributed by atoms with Gasteiger partial charge in [-0.1, -0.05) is 0 Å². The van der Waals surface area contributed by atoms with Crippen LogP contribution in [0.5, 0.6) is 0 Å². The second-order valence-corrected chi connectivity index (χ2v) is 3.76. The number of nitrogens with zero attached hydrogens (tertiary/aromatic N) is 1. The minimum Gasteiger partial charge on any atom is -0.349 e. The van der Waals surface area contributed by atoms with Crippen LogP contribution in [0.1, 0.15) is 0 Å². The highest BCUT2D eigenvalue weighted by Gasteiger charge is 2.15. The fraction of sp³-hybridized carbons (Fsp3) is 0.444. The Hall–Kier alpha value is -0.580. The van der Waals surface area contributed by atoms with Gasteiger partial charge in [0.2, 0.25) is 0 Å². The summed E-state index contributed by atoms with van der Waals surface area (Å²) in [6, 6.07) is 3.97. The number of aromatic nitrogens is 1. The van der Waals surface area contributed by atoms with Gasteiger partial charge < -0.3 is 9.47 Å². The second kappa shape index (κ2) is 4.60. The maximum absolute atomic E-state index is 5.32. The van der Waals surface area contributed by atoms with Crippen LogP contribution in [0.4, 0.5) is 0 Å². The van der Waals surface area contributed by atoms with Crippen molar-refractivity contribution in [2.24, 2.45) is 0 Å². The molecule has 2 rings (SSSR count). The highest BCUT2D eigenvalue weighted by Crippen LogP contribution is 2.20. The summed E-state index contributed by atoms with van der Waals surface area (Å²) in [5.41, 5.74) is 0. The van der Waals surface area contributed by atoms with Crippen molar-refractivity contribution in [3.63, 3.8) is 0 Å². The molecule has 1 aliphatic heterocycles. The van der Waals surface area contributed by atoms with Crippen LogP contribution in [0.3, 0.4) is 0 Å². The van der Waals surface area contributed by atoms with Crippen molar-refractivity contribution in [3.05, 3.63) is 24.5 Å². The average Bonchev–Trinajstić information content (AvgIpc) is 2.69. The third-order valence-corrected chi connectivity index (χ3v) is 2.77. The average molecular weight is 197 g/mol. The van der Waals surface area contributed by atoms with E-state index in [-0.39, 0.29) is 6.29 Å². The van der Waals surface area contributed by atoms with Gasteiger partial charge in [0.1, 0.15) is 0 Å². The zero-order chi connectivity index (χ0) is 8.93. The van der Waals surface area contributed by atoms with Crippen molar-refractivity contribution in [2.75, 3.05) is 19.0 Å². The molecule has 0 saturated carbocycles. The molecule has 0 amide bonds. The van der Waals surface area contributed by atoms with E-state index in [1.165, 1.54) is 4.90 Å². The Kier molecular flexibility index (Phi) is 3.18. The van der Waals surface area contributed by atoms with E-state index in [9.17, 15) is 0 Å². The monoisotopic (exact) mass is 197 g/mol. The van der Waals surface area contributed by atoms with E-state index in [4.69, 9.17) is 9.47 Å². The SMILES string of the molecule is c1cc(SCC2OCCO2)ccn1. The van der Waals surface area contributed by atoms with Crippen LogP contribution in [0.25, 0.3) is 0 Å². The van der Waals surface area contributed by atoms with Crippen LogP contribution in [-0.4, -0.2) is 30.2 Å². The summed E-state index contributed by atoms with van der Waals surface area (Å²) < 4.78 is 10.6. The summed E-state index contributed by atoms with van der Waals surface area (Å²) in [7, 11) is 0. The molecule has 2 heterocycles. The maximum atomic E-state index is 5.32. The zero-order valence-corrected chi connectivity index (χ0v) is 8.00. The van der Waals surface area contributed by atoms with Gasteiger partial charge in [0.05, 0.1) is 13.2 Å². The first-order valence-electron chi connectivity index (χ1n) is 4.21. The van der Waals surface area contributed by atoms with E-state index >= 15 is 0 Å². The van der Waals surface area contributed by atoms with E-state index in [0.29, 0.717) is 0 Å². The lowest BCUT2D eigenvalue weighted by Gasteiger charge is -2.07. The van der Waals surface area contributed by atoms with Crippen molar-refractivity contribution in [2.45, 2.75) is 11.2 Å². The molecule has 4 heteroatoms. The second-order valence-electron chi connectivity index (χ2n) is 2.67. The lowest BCUT2D eigenvalue weighted by Crippen LogP contribution is -2.10. The topological polar surface area (TPSA) is 31.4 Å². The molecule has 1 aliphatic rings. The molecule has 70 valence electrons. The molecule has 0 bridgehead atoms. The largest absolute Gasteiger partial charge is 0.349 e. The summed E-state index contributed by atoms with van der Waals surface area (Å²) in [4.78, 5) is 5.15. The molecular weight excluding hydrogens is 186 g/mol. The van der Waals surface area contributed by atoms with Gasteiger partial charge in [-0.05, 0) is 12.1 Å². The number of hydrogen-bond donors (Lipinski definition) is 0. The standard InChI is InChI=1S/C9H11NO2S/c1-3-10-4-2-8(1)13-7-9-11-5-6-12-9/h1-4,9H,5-7H2. The Balaban J connectivity index is 1.79. The van der Waals surface area contributed by atoms with E-state index in [1.807, 2.05) is 12.1 Å². The van der Waals surface area contributed by atoms with E-state index in [0.717, 1.165) is 19.0 Å². The molecule has 0 aliphatic carbocycles. The molecule has 0 N–H and O–H groups in total. The van der Waals surface area contributed by atoms with Gasteiger partial charge in [-0.3, -0.25) is 4.98 Å². The van der Waals surface area contributed by atoms with Gasteiger partial charge in [0, 0.05) is 23.0 Å². The Labute approximate surface area is 81.5 Å². The minimum absolute atomic E-state index is 0.0295. The van der Waals surface area contributed by atoms with Crippen LogP contribution >= 0.6 is 11.8 Å². The van der Waals surface area contributed by atoms with Gasteiger partial charge in [-0.15, -0.1) is 11.8 Å². The fourth-order valence-electron chi connectivity index (χ4n) is 1.10. The Bertz CT molecular complexity index is 249. The van der Waals surface area contributed by atoms with Gasteiger partial charge in [0.15, 0.2) is 6.29 Å². The molecule has 1 saturated heterocycles. The third kappa shape index (κ3) is 2.69. The lowest BCUT2D eigenvalue weighted by atomic mass is 10.5. The molecule has 0 spiro atoms. The number of ether oxygens (including phenoxy) is 2. The minimum atomic E-state index is -0.0295. The fourth-order valence-corrected chi connectivity index (χ4v) is 1.94.